The quantitative estimate of drug-likeness (QED) is 0.583. The molecule has 0 heterocycles. The van der Waals surface area contributed by atoms with Crippen LogP contribution in [0.1, 0.15) is 30.7 Å². The monoisotopic (exact) mass is 412 g/mol. The zero-order valence-electron chi connectivity index (χ0n) is 15.5. The van der Waals surface area contributed by atoms with Gasteiger partial charge in [-0.15, -0.1) is 0 Å². The van der Waals surface area contributed by atoms with Crippen molar-refractivity contribution in [2.45, 2.75) is 31.4 Å². The predicted octanol–water partition coefficient (Wildman–Crippen LogP) is 3.75. The second-order valence-corrected chi connectivity index (χ2v) is 7.06. The van der Waals surface area contributed by atoms with Crippen molar-refractivity contribution in [1.82, 2.24) is 0 Å². The van der Waals surface area contributed by atoms with Crippen molar-refractivity contribution in [3.8, 4) is 24.0 Å². The number of nitrogens with two attached hydrogens (primary N) is 1. The maximum absolute atomic E-state index is 12.4. The van der Waals surface area contributed by atoms with Crippen LogP contribution in [0.2, 0.25) is 0 Å². The first-order chi connectivity index (χ1) is 14.2. The summed E-state index contributed by atoms with van der Waals surface area (Å²) in [6.45, 7) is 0. The number of hydrogen-bond acceptors (Lipinski definition) is 6. The fraction of sp³-hybridized carbons (Fsp3) is 0.333. The summed E-state index contributed by atoms with van der Waals surface area (Å²) in [5.74, 6) is -3.74. The Bertz CT molecular complexity index is 1050. The van der Waals surface area contributed by atoms with Crippen LogP contribution in [0.3, 0.4) is 0 Å². The molecule has 0 bridgehead atoms. The molecule has 1 aromatic rings. The zero-order valence-corrected chi connectivity index (χ0v) is 15.5. The van der Waals surface area contributed by atoms with E-state index in [9.17, 15) is 33.8 Å². The average Bonchev–Trinajstić information content (AvgIpc) is 2.73. The molecule has 1 aromatic carbocycles. The topological polar surface area (TPSA) is 124 Å². The van der Waals surface area contributed by atoms with E-state index in [1.54, 1.807) is 0 Å². The number of allylic oxidation sites excluding steroid dienone is 3. The van der Waals surface area contributed by atoms with E-state index < -0.39 is 23.5 Å². The van der Waals surface area contributed by atoms with Crippen LogP contribution in [-0.2, 0) is 4.79 Å². The largest absolute Gasteiger partial charge is 0.491 e. The number of benzene rings is 1. The number of fused-ring (bicyclic) bond motifs is 1. The number of nitrogens with zero attached hydrogens (tertiary/aromatic N) is 3. The molecule has 0 saturated heterocycles. The molecule has 0 spiro atoms. The Morgan fingerprint density at radius 1 is 1.17 bits per heavy atom. The third kappa shape index (κ3) is 3.27. The van der Waals surface area contributed by atoms with Crippen LogP contribution < -0.4 is 10.5 Å². The molecule has 0 amide bonds. The Labute approximate surface area is 170 Å². The minimum atomic E-state index is -5.13. The van der Waals surface area contributed by atoms with E-state index in [-0.39, 0.29) is 22.9 Å². The van der Waals surface area contributed by atoms with E-state index in [4.69, 9.17) is 5.73 Å². The lowest BCUT2D eigenvalue weighted by molar-refractivity contribution is -0.189. The van der Waals surface area contributed by atoms with E-state index in [0.29, 0.717) is 17.6 Å². The van der Waals surface area contributed by atoms with Crippen molar-refractivity contribution in [3.63, 3.8) is 0 Å². The van der Waals surface area contributed by atoms with Gasteiger partial charge in [0.05, 0.1) is 29.5 Å². The van der Waals surface area contributed by atoms with Gasteiger partial charge in [-0.3, -0.25) is 0 Å². The lowest BCUT2D eigenvalue weighted by atomic mass is 9.56. The Morgan fingerprint density at radius 2 is 1.80 bits per heavy atom. The predicted molar refractivity (Wildman–Crippen MR) is 96.8 cm³/mol. The molecule has 152 valence electrons. The summed E-state index contributed by atoms with van der Waals surface area (Å²) in [6.07, 6.45) is -1.06. The Kier molecular flexibility index (Phi) is 5.29. The molecular formula is C21H15F3N4O2. The van der Waals surface area contributed by atoms with Crippen molar-refractivity contribution in [1.29, 1.82) is 15.8 Å². The lowest BCUT2D eigenvalue weighted by Gasteiger charge is -2.43. The molecule has 2 aliphatic carbocycles. The summed E-state index contributed by atoms with van der Waals surface area (Å²) in [6, 6.07) is 11.0. The highest BCUT2D eigenvalue weighted by Crippen LogP contribution is 2.56. The Morgan fingerprint density at radius 3 is 2.33 bits per heavy atom. The van der Waals surface area contributed by atoms with Crippen LogP contribution in [0.15, 0.2) is 47.2 Å². The SMILES string of the molecule is N#CC1=C(N)C2=CCCCC2C(c2ccc(OC(=O)C(F)(F)F)cc2)C1(C#N)C#N. The van der Waals surface area contributed by atoms with E-state index in [2.05, 4.69) is 4.74 Å². The summed E-state index contributed by atoms with van der Waals surface area (Å²) >= 11 is 0. The minimum absolute atomic E-state index is 0.130. The van der Waals surface area contributed by atoms with Crippen LogP contribution in [0.5, 0.6) is 5.75 Å². The fourth-order valence-electron chi connectivity index (χ4n) is 4.19. The van der Waals surface area contributed by atoms with Crippen molar-refractivity contribution in [2.75, 3.05) is 0 Å². The zero-order chi connectivity index (χ0) is 22.1. The maximum Gasteiger partial charge on any atom is 0.491 e. The van der Waals surface area contributed by atoms with Gasteiger partial charge in [-0.2, -0.15) is 29.0 Å². The van der Waals surface area contributed by atoms with E-state index in [1.165, 1.54) is 24.3 Å². The van der Waals surface area contributed by atoms with Gasteiger partial charge in [0, 0.05) is 5.92 Å². The summed E-state index contributed by atoms with van der Waals surface area (Å²) in [7, 11) is 0. The molecule has 2 unspecified atom stereocenters. The van der Waals surface area contributed by atoms with Crippen LogP contribution in [0.4, 0.5) is 13.2 Å². The summed E-state index contributed by atoms with van der Waals surface area (Å²) in [4.78, 5) is 11.0. The van der Waals surface area contributed by atoms with Crippen molar-refractivity contribution >= 4 is 5.97 Å². The maximum atomic E-state index is 12.4. The number of esters is 1. The van der Waals surface area contributed by atoms with Gasteiger partial charge < -0.3 is 10.5 Å². The Hall–Kier alpha value is -3.77. The molecule has 0 saturated carbocycles. The molecule has 3 rings (SSSR count). The molecular weight excluding hydrogens is 397 g/mol. The van der Waals surface area contributed by atoms with Crippen LogP contribution in [0.25, 0.3) is 0 Å². The number of nitriles is 3. The van der Waals surface area contributed by atoms with Crippen molar-refractivity contribution < 1.29 is 22.7 Å². The highest BCUT2D eigenvalue weighted by atomic mass is 19.4. The van der Waals surface area contributed by atoms with Crippen LogP contribution >= 0.6 is 0 Å². The number of halogens is 3. The lowest BCUT2D eigenvalue weighted by Crippen LogP contribution is -2.41. The fourth-order valence-corrected chi connectivity index (χ4v) is 4.19. The highest BCUT2D eigenvalue weighted by Gasteiger charge is 2.54. The summed E-state index contributed by atoms with van der Waals surface area (Å²) in [5.41, 5.74) is 5.48. The van der Waals surface area contributed by atoms with E-state index in [0.717, 1.165) is 12.8 Å². The third-order valence-corrected chi connectivity index (χ3v) is 5.47. The summed E-state index contributed by atoms with van der Waals surface area (Å²) < 4.78 is 41.5. The normalized spacial score (nSPS) is 22.6. The number of carbonyl (C=O) groups excluding carboxylic acids is 1. The van der Waals surface area contributed by atoms with Gasteiger partial charge in [-0.1, -0.05) is 18.2 Å². The molecule has 0 aliphatic heterocycles. The first kappa shape index (κ1) is 21.0. The number of ether oxygens (including phenoxy) is 1. The van der Waals surface area contributed by atoms with Crippen molar-refractivity contribution in [2.24, 2.45) is 17.1 Å². The van der Waals surface area contributed by atoms with Gasteiger partial charge in [-0.05, 0) is 48.4 Å². The molecule has 0 radical (unpaired) electrons. The molecule has 0 fully saturated rings. The van der Waals surface area contributed by atoms with Gasteiger partial charge in [0.1, 0.15) is 5.75 Å². The Balaban J connectivity index is 2.09. The van der Waals surface area contributed by atoms with Crippen LogP contribution in [0, 0.1) is 45.3 Å². The molecule has 9 heteroatoms. The van der Waals surface area contributed by atoms with Gasteiger partial charge in [-0.25, -0.2) is 4.79 Å². The molecule has 0 aromatic heterocycles. The van der Waals surface area contributed by atoms with Gasteiger partial charge in [0.25, 0.3) is 0 Å². The number of alkyl halides is 3. The molecule has 6 nitrogen and oxygen atoms in total. The van der Waals surface area contributed by atoms with Gasteiger partial charge >= 0.3 is 12.1 Å². The first-order valence-corrected chi connectivity index (χ1v) is 9.01. The number of hydrogen-bond donors (Lipinski definition) is 1. The summed E-state index contributed by atoms with van der Waals surface area (Å²) in [5, 5.41) is 29.5. The van der Waals surface area contributed by atoms with Gasteiger partial charge in [0.2, 0.25) is 0 Å². The second-order valence-electron chi connectivity index (χ2n) is 7.06. The first-order valence-electron chi connectivity index (χ1n) is 9.01. The highest BCUT2D eigenvalue weighted by molar-refractivity contribution is 5.78. The molecule has 30 heavy (non-hydrogen) atoms. The van der Waals surface area contributed by atoms with E-state index in [1.807, 2.05) is 24.3 Å². The average molecular weight is 412 g/mol. The third-order valence-electron chi connectivity index (χ3n) is 5.47. The van der Waals surface area contributed by atoms with Crippen molar-refractivity contribution in [3.05, 3.63) is 52.7 Å². The molecule has 2 aliphatic rings. The van der Waals surface area contributed by atoms with E-state index >= 15 is 0 Å². The molecule has 2 atom stereocenters. The standard InChI is InChI=1S/C21H15F3N4O2/c22-21(23,24)19(29)30-13-7-5-12(6-8-13)17-14-3-1-2-4-15(14)18(28)16(9-25)20(17,10-26)11-27/h4-8,14,17H,1-3,28H2. The van der Waals surface area contributed by atoms with Gasteiger partial charge in [0.15, 0.2) is 5.41 Å². The number of rotatable bonds is 2. The molecule has 2 N–H and O–H groups in total. The minimum Gasteiger partial charge on any atom is -0.420 e. The van der Waals surface area contributed by atoms with Crippen LogP contribution in [-0.4, -0.2) is 12.1 Å². The smallest absolute Gasteiger partial charge is 0.420 e. The number of carbonyl (C=O) groups is 1. The second kappa shape index (κ2) is 7.57.